The van der Waals surface area contributed by atoms with E-state index in [9.17, 15) is 0 Å². The van der Waals surface area contributed by atoms with Gasteiger partial charge >= 0.3 is 0 Å². The molecule has 1 fully saturated rings. The fourth-order valence-corrected chi connectivity index (χ4v) is 1.01. The van der Waals surface area contributed by atoms with Gasteiger partial charge in [-0.1, -0.05) is 30.3 Å². The summed E-state index contributed by atoms with van der Waals surface area (Å²) in [5.41, 5.74) is 7.45. The number of hydrazine groups is 1. The molecular weight excluding hydrogens is 124 g/mol. The highest BCUT2D eigenvalue weighted by Crippen LogP contribution is 2.03. The highest BCUT2D eigenvalue weighted by Gasteiger charge is 2.18. The number of benzene rings is 1. The summed E-state index contributed by atoms with van der Waals surface area (Å²) in [5.74, 6) is 0. The SMILES string of the molecule is c1ccc(CC2NN2)cc1. The van der Waals surface area contributed by atoms with Gasteiger partial charge in [0.2, 0.25) is 0 Å². The van der Waals surface area contributed by atoms with Gasteiger partial charge in [0.25, 0.3) is 0 Å². The van der Waals surface area contributed by atoms with E-state index in [0.29, 0.717) is 6.17 Å². The van der Waals surface area contributed by atoms with Gasteiger partial charge in [-0.05, 0) is 5.56 Å². The van der Waals surface area contributed by atoms with E-state index in [1.165, 1.54) is 5.56 Å². The Balaban J connectivity index is 2.03. The summed E-state index contributed by atoms with van der Waals surface area (Å²) in [6.45, 7) is 0. The van der Waals surface area contributed by atoms with Crippen molar-refractivity contribution in [3.63, 3.8) is 0 Å². The van der Waals surface area contributed by atoms with Crippen molar-refractivity contribution in [2.24, 2.45) is 0 Å². The zero-order chi connectivity index (χ0) is 6.81. The highest BCUT2D eigenvalue weighted by molar-refractivity contribution is 5.16. The van der Waals surface area contributed by atoms with Crippen LogP contribution >= 0.6 is 0 Å². The van der Waals surface area contributed by atoms with Crippen molar-refractivity contribution in [2.45, 2.75) is 12.6 Å². The molecule has 0 unspecified atom stereocenters. The van der Waals surface area contributed by atoms with Gasteiger partial charge in [-0.2, -0.15) is 0 Å². The van der Waals surface area contributed by atoms with Gasteiger partial charge in [-0.25, -0.2) is 10.9 Å². The predicted octanol–water partition coefficient (Wildman–Crippen LogP) is 0.663. The molecule has 1 saturated heterocycles. The van der Waals surface area contributed by atoms with Gasteiger partial charge in [-0.15, -0.1) is 0 Å². The van der Waals surface area contributed by atoms with Crippen molar-refractivity contribution < 1.29 is 0 Å². The zero-order valence-corrected chi connectivity index (χ0v) is 5.67. The van der Waals surface area contributed by atoms with Gasteiger partial charge in [-0.3, -0.25) is 0 Å². The van der Waals surface area contributed by atoms with E-state index >= 15 is 0 Å². The van der Waals surface area contributed by atoms with Gasteiger partial charge in [0.15, 0.2) is 0 Å². The third-order valence-corrected chi connectivity index (χ3v) is 1.63. The lowest BCUT2D eigenvalue weighted by Gasteiger charge is -1.93. The quantitative estimate of drug-likeness (QED) is 0.584. The fraction of sp³-hybridized carbons (Fsp3) is 0.250. The molecular formula is C8H10N2. The molecule has 2 heteroatoms. The Labute approximate surface area is 60.2 Å². The largest absolute Gasteiger partial charge is 0.238 e. The van der Waals surface area contributed by atoms with Gasteiger partial charge in [0.1, 0.15) is 0 Å². The van der Waals surface area contributed by atoms with Crippen molar-refractivity contribution in [3.05, 3.63) is 35.9 Å². The van der Waals surface area contributed by atoms with Crippen LogP contribution in [0.2, 0.25) is 0 Å². The minimum atomic E-state index is 0.516. The Kier molecular flexibility index (Phi) is 1.42. The van der Waals surface area contributed by atoms with Gasteiger partial charge < -0.3 is 0 Å². The smallest absolute Gasteiger partial charge is 0.0873 e. The van der Waals surface area contributed by atoms with E-state index in [1.807, 2.05) is 6.07 Å². The number of hydrogen-bond acceptors (Lipinski definition) is 2. The second kappa shape index (κ2) is 2.40. The number of nitrogens with one attached hydrogen (secondary N) is 2. The Morgan fingerprint density at radius 1 is 1.10 bits per heavy atom. The molecule has 2 N–H and O–H groups in total. The first-order valence-electron chi connectivity index (χ1n) is 3.50. The molecule has 2 rings (SSSR count). The maximum absolute atomic E-state index is 3.03. The third-order valence-electron chi connectivity index (χ3n) is 1.63. The first-order chi connectivity index (χ1) is 4.95. The molecule has 0 saturated carbocycles. The summed E-state index contributed by atoms with van der Waals surface area (Å²) in [5, 5.41) is 0. The summed E-state index contributed by atoms with van der Waals surface area (Å²) < 4.78 is 0. The molecule has 0 spiro atoms. The third kappa shape index (κ3) is 1.35. The minimum absolute atomic E-state index is 0.516. The van der Waals surface area contributed by atoms with Crippen molar-refractivity contribution in [2.75, 3.05) is 0 Å². The van der Waals surface area contributed by atoms with E-state index in [0.717, 1.165) is 6.42 Å². The zero-order valence-electron chi connectivity index (χ0n) is 5.67. The second-order valence-corrected chi connectivity index (χ2v) is 2.53. The first kappa shape index (κ1) is 5.89. The standard InChI is InChI=1S/C8H10N2/c1-2-4-7(5-3-1)6-8-9-10-8/h1-5,8-10H,6H2. The van der Waals surface area contributed by atoms with E-state index < -0.39 is 0 Å². The van der Waals surface area contributed by atoms with E-state index in [2.05, 4.69) is 35.1 Å². The van der Waals surface area contributed by atoms with E-state index in [4.69, 9.17) is 0 Å². The van der Waals surface area contributed by atoms with Crippen LogP contribution in [0.1, 0.15) is 5.56 Å². The van der Waals surface area contributed by atoms with Crippen LogP contribution in [-0.4, -0.2) is 6.17 Å². The lowest BCUT2D eigenvalue weighted by Crippen LogP contribution is -1.96. The monoisotopic (exact) mass is 134 g/mol. The molecule has 0 bridgehead atoms. The molecule has 0 amide bonds. The molecule has 1 aliphatic heterocycles. The molecule has 0 atom stereocenters. The van der Waals surface area contributed by atoms with E-state index in [-0.39, 0.29) is 0 Å². The molecule has 2 nitrogen and oxygen atoms in total. The summed E-state index contributed by atoms with van der Waals surface area (Å²) in [6.07, 6.45) is 1.60. The summed E-state index contributed by atoms with van der Waals surface area (Å²) >= 11 is 0. The van der Waals surface area contributed by atoms with Crippen molar-refractivity contribution in [3.8, 4) is 0 Å². The molecule has 0 aromatic heterocycles. The first-order valence-corrected chi connectivity index (χ1v) is 3.50. The molecule has 1 aromatic rings. The summed E-state index contributed by atoms with van der Waals surface area (Å²) in [7, 11) is 0. The van der Waals surface area contributed by atoms with Crippen LogP contribution in [0.25, 0.3) is 0 Å². The lowest BCUT2D eigenvalue weighted by atomic mass is 10.1. The highest BCUT2D eigenvalue weighted by atomic mass is 15.6. The van der Waals surface area contributed by atoms with Gasteiger partial charge in [0.05, 0.1) is 6.17 Å². The normalized spacial score (nSPS) is 17.2. The number of hydrogen-bond donors (Lipinski definition) is 2. The van der Waals surface area contributed by atoms with Crippen LogP contribution in [0.4, 0.5) is 0 Å². The second-order valence-electron chi connectivity index (χ2n) is 2.53. The maximum Gasteiger partial charge on any atom is 0.0873 e. The average Bonchev–Trinajstić information content (AvgIpc) is 2.74. The summed E-state index contributed by atoms with van der Waals surface area (Å²) in [4.78, 5) is 0. The van der Waals surface area contributed by atoms with Crippen LogP contribution in [0.5, 0.6) is 0 Å². The topological polar surface area (TPSA) is 43.9 Å². The molecule has 1 aliphatic rings. The van der Waals surface area contributed by atoms with E-state index in [1.54, 1.807) is 0 Å². The predicted molar refractivity (Wildman–Crippen MR) is 40.2 cm³/mol. The van der Waals surface area contributed by atoms with Gasteiger partial charge in [0, 0.05) is 6.42 Å². The molecule has 1 aromatic carbocycles. The van der Waals surface area contributed by atoms with Crippen LogP contribution in [0.3, 0.4) is 0 Å². The van der Waals surface area contributed by atoms with Crippen molar-refractivity contribution in [1.82, 2.24) is 10.9 Å². The average molecular weight is 134 g/mol. The van der Waals surface area contributed by atoms with Crippen molar-refractivity contribution in [1.29, 1.82) is 0 Å². The van der Waals surface area contributed by atoms with Crippen LogP contribution in [0, 0.1) is 0 Å². The minimum Gasteiger partial charge on any atom is -0.238 e. The Hall–Kier alpha value is -0.860. The number of rotatable bonds is 2. The van der Waals surface area contributed by atoms with Crippen LogP contribution in [0.15, 0.2) is 30.3 Å². The molecule has 0 aliphatic carbocycles. The van der Waals surface area contributed by atoms with Crippen LogP contribution in [-0.2, 0) is 6.42 Å². The summed E-state index contributed by atoms with van der Waals surface area (Å²) in [6, 6.07) is 10.5. The molecule has 0 radical (unpaired) electrons. The Morgan fingerprint density at radius 2 is 1.80 bits per heavy atom. The lowest BCUT2D eigenvalue weighted by molar-refractivity contribution is 0.911. The molecule has 10 heavy (non-hydrogen) atoms. The van der Waals surface area contributed by atoms with Crippen molar-refractivity contribution >= 4 is 0 Å². The van der Waals surface area contributed by atoms with Crippen LogP contribution < -0.4 is 10.9 Å². The maximum atomic E-state index is 3.03. The molecule has 1 heterocycles. The Morgan fingerprint density at radius 3 is 2.40 bits per heavy atom. The molecule has 52 valence electrons. The Bertz CT molecular complexity index is 204. The fourth-order valence-electron chi connectivity index (χ4n) is 1.01.